The highest BCUT2D eigenvalue weighted by Gasteiger charge is 2.43. The molecule has 1 saturated carbocycles. The molecule has 3 nitrogen and oxygen atoms in total. The fraction of sp³-hybridized carbons (Fsp3) is 0.462. The van der Waals surface area contributed by atoms with Crippen molar-refractivity contribution in [3.8, 4) is 0 Å². The number of benzene rings is 1. The Morgan fingerprint density at radius 3 is 2.71 bits per heavy atom. The van der Waals surface area contributed by atoms with E-state index in [2.05, 4.69) is 28.1 Å². The molecule has 1 aliphatic carbocycles. The molecule has 2 atom stereocenters. The maximum atomic E-state index is 11.6. The molecule has 0 unspecified atom stereocenters. The van der Waals surface area contributed by atoms with Crippen molar-refractivity contribution < 1.29 is 9.53 Å². The average molecular weight is 298 g/mol. The van der Waals surface area contributed by atoms with Gasteiger partial charge in [0.15, 0.2) is 0 Å². The van der Waals surface area contributed by atoms with Crippen LogP contribution >= 0.6 is 15.9 Å². The van der Waals surface area contributed by atoms with Crippen molar-refractivity contribution >= 4 is 21.9 Å². The molecule has 1 aromatic rings. The van der Waals surface area contributed by atoms with Gasteiger partial charge in [0.25, 0.3) is 0 Å². The Morgan fingerprint density at radius 1 is 1.47 bits per heavy atom. The molecular formula is C13H16BrNO2. The Labute approximate surface area is 109 Å². The summed E-state index contributed by atoms with van der Waals surface area (Å²) in [6.07, 6.45) is 2.30. The smallest absolute Gasteiger partial charge is 0.325 e. The van der Waals surface area contributed by atoms with Gasteiger partial charge in [0.2, 0.25) is 0 Å². The van der Waals surface area contributed by atoms with Gasteiger partial charge in [-0.05, 0) is 42.9 Å². The van der Waals surface area contributed by atoms with Gasteiger partial charge in [-0.15, -0.1) is 0 Å². The summed E-state index contributed by atoms with van der Waals surface area (Å²) in [7, 11) is 1.39. The van der Waals surface area contributed by atoms with E-state index in [1.165, 1.54) is 12.7 Å². The van der Waals surface area contributed by atoms with E-state index < -0.39 is 5.54 Å². The summed E-state index contributed by atoms with van der Waals surface area (Å²) in [6.45, 7) is 0. The maximum absolute atomic E-state index is 11.6. The molecule has 1 aromatic carbocycles. The normalized spacial score (nSPS) is 28.1. The zero-order chi connectivity index (χ0) is 12.5. The van der Waals surface area contributed by atoms with Crippen LogP contribution in [-0.4, -0.2) is 18.6 Å². The molecule has 0 aliphatic heterocycles. The number of hydrogen-bond donors (Lipinski definition) is 1. The fourth-order valence-electron chi connectivity index (χ4n) is 2.48. The highest BCUT2D eigenvalue weighted by Crippen LogP contribution is 2.40. The Bertz CT molecular complexity index is 418. The van der Waals surface area contributed by atoms with Crippen molar-refractivity contribution in [2.24, 2.45) is 5.73 Å². The van der Waals surface area contributed by atoms with Gasteiger partial charge in [0.1, 0.15) is 5.54 Å². The van der Waals surface area contributed by atoms with E-state index in [0.717, 1.165) is 10.9 Å². The Hall–Kier alpha value is -0.870. The molecule has 92 valence electrons. The molecule has 1 aliphatic rings. The third kappa shape index (κ3) is 2.53. The Morgan fingerprint density at radius 2 is 2.12 bits per heavy atom. The van der Waals surface area contributed by atoms with Gasteiger partial charge in [-0.25, -0.2) is 0 Å². The third-order valence-electron chi connectivity index (χ3n) is 3.48. The van der Waals surface area contributed by atoms with E-state index in [1.54, 1.807) is 0 Å². The highest BCUT2D eigenvalue weighted by atomic mass is 79.9. The zero-order valence-electron chi connectivity index (χ0n) is 9.78. The van der Waals surface area contributed by atoms with Crippen molar-refractivity contribution in [3.63, 3.8) is 0 Å². The molecule has 2 N–H and O–H groups in total. The van der Waals surface area contributed by atoms with E-state index in [9.17, 15) is 4.79 Å². The van der Waals surface area contributed by atoms with Gasteiger partial charge in [0.05, 0.1) is 7.11 Å². The number of esters is 1. The molecule has 0 aromatic heterocycles. The second kappa shape index (κ2) is 4.78. The second-order valence-electron chi connectivity index (χ2n) is 4.64. The number of ether oxygens (including phenoxy) is 1. The minimum atomic E-state index is -0.799. The van der Waals surface area contributed by atoms with Gasteiger partial charge in [-0.1, -0.05) is 28.1 Å². The fourth-order valence-corrected chi connectivity index (χ4v) is 2.75. The van der Waals surface area contributed by atoms with E-state index in [1.807, 2.05) is 12.1 Å². The van der Waals surface area contributed by atoms with Crippen LogP contribution < -0.4 is 5.73 Å². The van der Waals surface area contributed by atoms with Gasteiger partial charge < -0.3 is 10.5 Å². The summed E-state index contributed by atoms with van der Waals surface area (Å²) in [5.41, 5.74) is 6.53. The zero-order valence-corrected chi connectivity index (χ0v) is 11.4. The first-order valence-corrected chi connectivity index (χ1v) is 6.47. The van der Waals surface area contributed by atoms with Gasteiger partial charge in [-0.3, -0.25) is 4.79 Å². The predicted molar refractivity (Wildman–Crippen MR) is 69.7 cm³/mol. The van der Waals surface area contributed by atoms with Crippen LogP contribution in [0.3, 0.4) is 0 Å². The van der Waals surface area contributed by atoms with E-state index in [0.29, 0.717) is 18.8 Å². The maximum Gasteiger partial charge on any atom is 0.325 e. The number of rotatable bonds is 2. The van der Waals surface area contributed by atoms with Crippen molar-refractivity contribution in [2.75, 3.05) is 7.11 Å². The lowest BCUT2D eigenvalue weighted by Crippen LogP contribution is -2.46. The van der Waals surface area contributed by atoms with Crippen LogP contribution in [-0.2, 0) is 9.53 Å². The lowest BCUT2D eigenvalue weighted by Gasteiger charge is -2.20. The monoisotopic (exact) mass is 297 g/mol. The van der Waals surface area contributed by atoms with Crippen LogP contribution in [0.5, 0.6) is 0 Å². The molecule has 0 saturated heterocycles. The lowest BCUT2D eigenvalue weighted by atomic mass is 9.93. The van der Waals surface area contributed by atoms with Crippen LogP contribution in [0.1, 0.15) is 30.7 Å². The Balaban J connectivity index is 2.12. The third-order valence-corrected chi connectivity index (χ3v) is 4.01. The average Bonchev–Trinajstić information content (AvgIpc) is 2.73. The molecular weight excluding hydrogens is 282 g/mol. The summed E-state index contributed by atoms with van der Waals surface area (Å²) >= 11 is 3.41. The van der Waals surface area contributed by atoms with Gasteiger partial charge in [-0.2, -0.15) is 0 Å². The van der Waals surface area contributed by atoms with Gasteiger partial charge >= 0.3 is 5.97 Å². The quantitative estimate of drug-likeness (QED) is 0.854. The summed E-state index contributed by atoms with van der Waals surface area (Å²) in [5.74, 6) is 0.0595. The van der Waals surface area contributed by atoms with Crippen LogP contribution in [0, 0.1) is 0 Å². The summed E-state index contributed by atoms with van der Waals surface area (Å²) in [4.78, 5) is 11.6. The number of carbonyl (C=O) groups is 1. The first-order valence-electron chi connectivity index (χ1n) is 5.68. The van der Waals surface area contributed by atoms with Crippen LogP contribution in [0.2, 0.25) is 0 Å². The molecule has 17 heavy (non-hydrogen) atoms. The topological polar surface area (TPSA) is 52.3 Å². The first kappa shape index (κ1) is 12.6. The second-order valence-corrected chi connectivity index (χ2v) is 5.55. The van der Waals surface area contributed by atoms with Crippen LogP contribution in [0.25, 0.3) is 0 Å². The number of nitrogens with two attached hydrogens (primary N) is 1. The summed E-state index contributed by atoms with van der Waals surface area (Å²) in [6, 6.07) is 8.20. The Kier molecular flexibility index (Phi) is 3.54. The SMILES string of the molecule is COC(=O)[C@@]1(N)CC[C@@H](c2ccc(Br)cc2)C1. The number of carbonyl (C=O) groups excluding carboxylic acids is 1. The molecule has 0 heterocycles. The van der Waals surface area contributed by atoms with Crippen molar-refractivity contribution in [2.45, 2.75) is 30.7 Å². The summed E-state index contributed by atoms with van der Waals surface area (Å²) < 4.78 is 5.83. The largest absolute Gasteiger partial charge is 0.468 e. The molecule has 2 rings (SSSR count). The molecule has 0 bridgehead atoms. The summed E-state index contributed by atoms with van der Waals surface area (Å²) in [5, 5.41) is 0. The lowest BCUT2D eigenvalue weighted by molar-refractivity contribution is -0.146. The van der Waals surface area contributed by atoms with E-state index in [4.69, 9.17) is 10.5 Å². The first-order chi connectivity index (χ1) is 8.05. The molecule has 0 amide bonds. The molecule has 4 heteroatoms. The number of methoxy groups -OCH3 is 1. The number of halogens is 1. The van der Waals surface area contributed by atoms with E-state index in [-0.39, 0.29) is 5.97 Å². The van der Waals surface area contributed by atoms with Crippen molar-refractivity contribution in [1.82, 2.24) is 0 Å². The number of hydrogen-bond acceptors (Lipinski definition) is 3. The van der Waals surface area contributed by atoms with Crippen molar-refractivity contribution in [1.29, 1.82) is 0 Å². The molecule has 0 spiro atoms. The molecule has 1 fully saturated rings. The highest BCUT2D eigenvalue weighted by molar-refractivity contribution is 9.10. The van der Waals surface area contributed by atoms with E-state index >= 15 is 0 Å². The van der Waals surface area contributed by atoms with Crippen molar-refractivity contribution in [3.05, 3.63) is 34.3 Å². The van der Waals surface area contributed by atoms with Crippen LogP contribution in [0.4, 0.5) is 0 Å². The predicted octanol–water partition coefficient (Wildman–Crippen LogP) is 2.59. The van der Waals surface area contributed by atoms with Crippen LogP contribution in [0.15, 0.2) is 28.7 Å². The molecule has 0 radical (unpaired) electrons. The van der Waals surface area contributed by atoms with Gasteiger partial charge in [0, 0.05) is 4.47 Å². The minimum absolute atomic E-state index is 0.294. The standard InChI is InChI=1S/C13H16BrNO2/c1-17-12(16)13(15)7-6-10(8-13)9-2-4-11(14)5-3-9/h2-5,10H,6-8,15H2,1H3/t10-,13-/m1/s1. The minimum Gasteiger partial charge on any atom is -0.468 e.